The highest BCUT2D eigenvalue weighted by Crippen LogP contribution is 2.30. The van der Waals surface area contributed by atoms with Gasteiger partial charge < -0.3 is 9.73 Å². The molecular formula is C16H15NO2. The van der Waals surface area contributed by atoms with Crippen LogP contribution in [0.5, 0.6) is 0 Å². The number of benzene rings is 2. The standard InChI is InChI=1S/C16H15NO2/c1-10(16(18)17-2)11-7-8-15-13(9-11)12-5-3-4-6-14(12)19-15/h3-10H,1-2H3,(H,17,18). The average Bonchev–Trinajstić information content (AvgIpc) is 2.83. The van der Waals surface area contributed by atoms with Crippen LogP contribution >= 0.6 is 0 Å². The first-order chi connectivity index (χ1) is 9.20. The summed E-state index contributed by atoms with van der Waals surface area (Å²) in [6, 6.07) is 13.9. The van der Waals surface area contributed by atoms with E-state index in [1.807, 2.05) is 49.4 Å². The number of hydrogen-bond acceptors (Lipinski definition) is 2. The molecule has 0 bridgehead atoms. The molecule has 96 valence electrons. The summed E-state index contributed by atoms with van der Waals surface area (Å²) in [5.74, 6) is -0.143. The third kappa shape index (κ3) is 1.87. The lowest BCUT2D eigenvalue weighted by molar-refractivity contribution is -0.121. The molecule has 3 heteroatoms. The molecule has 1 N–H and O–H groups in total. The van der Waals surface area contributed by atoms with Gasteiger partial charge in [0.05, 0.1) is 5.92 Å². The van der Waals surface area contributed by atoms with E-state index in [9.17, 15) is 4.79 Å². The van der Waals surface area contributed by atoms with Crippen LogP contribution in [0.3, 0.4) is 0 Å². The smallest absolute Gasteiger partial charge is 0.227 e. The molecule has 3 nitrogen and oxygen atoms in total. The Morgan fingerprint density at radius 2 is 1.84 bits per heavy atom. The van der Waals surface area contributed by atoms with Gasteiger partial charge in [0.1, 0.15) is 11.2 Å². The van der Waals surface area contributed by atoms with Gasteiger partial charge in [-0.3, -0.25) is 4.79 Å². The highest BCUT2D eigenvalue weighted by atomic mass is 16.3. The highest BCUT2D eigenvalue weighted by molar-refractivity contribution is 6.05. The fourth-order valence-corrected chi connectivity index (χ4v) is 2.38. The van der Waals surface area contributed by atoms with E-state index in [1.54, 1.807) is 7.05 Å². The number of hydrogen-bond donors (Lipinski definition) is 1. The fraction of sp³-hybridized carbons (Fsp3) is 0.188. The predicted molar refractivity (Wildman–Crippen MR) is 76.2 cm³/mol. The van der Waals surface area contributed by atoms with E-state index in [0.717, 1.165) is 27.5 Å². The van der Waals surface area contributed by atoms with Crippen molar-refractivity contribution in [2.24, 2.45) is 0 Å². The molecule has 0 radical (unpaired) electrons. The van der Waals surface area contributed by atoms with Gasteiger partial charge in [0.15, 0.2) is 0 Å². The Bertz CT molecular complexity index is 758. The fourth-order valence-electron chi connectivity index (χ4n) is 2.38. The monoisotopic (exact) mass is 253 g/mol. The van der Waals surface area contributed by atoms with Gasteiger partial charge in [-0.1, -0.05) is 24.3 Å². The van der Waals surface area contributed by atoms with Gasteiger partial charge in [-0.15, -0.1) is 0 Å². The summed E-state index contributed by atoms with van der Waals surface area (Å²) in [4.78, 5) is 11.7. The van der Waals surface area contributed by atoms with Gasteiger partial charge >= 0.3 is 0 Å². The zero-order valence-electron chi connectivity index (χ0n) is 10.9. The minimum absolute atomic E-state index is 0.0205. The molecule has 3 rings (SSSR count). The third-order valence-corrected chi connectivity index (χ3v) is 3.54. The zero-order valence-corrected chi connectivity index (χ0v) is 10.9. The first-order valence-corrected chi connectivity index (χ1v) is 6.33. The Kier molecular flexibility index (Phi) is 2.75. The molecule has 0 spiro atoms. The normalized spacial score (nSPS) is 12.7. The van der Waals surface area contributed by atoms with Crippen molar-refractivity contribution in [2.45, 2.75) is 12.8 Å². The summed E-state index contributed by atoms with van der Waals surface area (Å²) in [6.07, 6.45) is 0. The number of fused-ring (bicyclic) bond motifs is 3. The Morgan fingerprint density at radius 1 is 1.11 bits per heavy atom. The van der Waals surface area contributed by atoms with Crippen LogP contribution in [0.2, 0.25) is 0 Å². The molecule has 0 aliphatic heterocycles. The second-order valence-electron chi connectivity index (χ2n) is 4.69. The summed E-state index contributed by atoms with van der Waals surface area (Å²) >= 11 is 0. The lowest BCUT2D eigenvalue weighted by atomic mass is 9.98. The van der Waals surface area contributed by atoms with Crippen molar-refractivity contribution in [1.29, 1.82) is 0 Å². The van der Waals surface area contributed by atoms with Crippen LogP contribution in [0, 0.1) is 0 Å². The van der Waals surface area contributed by atoms with E-state index in [0.29, 0.717) is 0 Å². The lowest BCUT2D eigenvalue weighted by Crippen LogP contribution is -2.23. The van der Waals surface area contributed by atoms with E-state index in [1.165, 1.54) is 0 Å². The van der Waals surface area contributed by atoms with Crippen molar-refractivity contribution in [3.8, 4) is 0 Å². The van der Waals surface area contributed by atoms with Gasteiger partial charge in [0.25, 0.3) is 0 Å². The SMILES string of the molecule is CNC(=O)C(C)c1ccc2oc3ccccc3c2c1. The third-order valence-electron chi connectivity index (χ3n) is 3.54. The molecular weight excluding hydrogens is 238 g/mol. The van der Waals surface area contributed by atoms with Crippen LogP contribution in [0.4, 0.5) is 0 Å². The molecule has 1 aromatic heterocycles. The molecule has 2 aromatic carbocycles. The molecule has 0 aliphatic carbocycles. The number of para-hydroxylation sites is 1. The van der Waals surface area contributed by atoms with Gasteiger partial charge in [-0.2, -0.15) is 0 Å². The Hall–Kier alpha value is -2.29. The second-order valence-corrected chi connectivity index (χ2v) is 4.69. The molecule has 0 aliphatic rings. The van der Waals surface area contributed by atoms with Crippen molar-refractivity contribution in [3.63, 3.8) is 0 Å². The minimum Gasteiger partial charge on any atom is -0.456 e. The maximum Gasteiger partial charge on any atom is 0.227 e. The van der Waals surface area contributed by atoms with Crippen LogP contribution in [-0.4, -0.2) is 13.0 Å². The Balaban J connectivity index is 2.19. The molecule has 0 saturated carbocycles. The van der Waals surface area contributed by atoms with Crippen LogP contribution in [0.25, 0.3) is 21.9 Å². The Labute approximate surface area is 111 Å². The van der Waals surface area contributed by atoms with Crippen molar-refractivity contribution >= 4 is 27.8 Å². The van der Waals surface area contributed by atoms with Crippen molar-refractivity contribution in [2.75, 3.05) is 7.05 Å². The number of likely N-dealkylation sites (N-methyl/N-ethyl adjacent to an activating group) is 1. The molecule has 1 heterocycles. The first-order valence-electron chi connectivity index (χ1n) is 6.33. The quantitative estimate of drug-likeness (QED) is 0.760. The van der Waals surface area contributed by atoms with Crippen molar-refractivity contribution in [1.82, 2.24) is 5.32 Å². The summed E-state index contributed by atoms with van der Waals surface area (Å²) in [5, 5.41) is 4.83. The average molecular weight is 253 g/mol. The van der Waals surface area contributed by atoms with Gasteiger partial charge in [0, 0.05) is 17.8 Å². The molecule has 0 saturated heterocycles. The topological polar surface area (TPSA) is 42.2 Å². The van der Waals surface area contributed by atoms with Crippen molar-refractivity contribution < 1.29 is 9.21 Å². The van der Waals surface area contributed by atoms with Gasteiger partial charge in [-0.25, -0.2) is 0 Å². The van der Waals surface area contributed by atoms with Gasteiger partial charge in [-0.05, 0) is 30.7 Å². The molecule has 3 aromatic rings. The van der Waals surface area contributed by atoms with E-state index in [2.05, 4.69) is 5.32 Å². The number of carbonyl (C=O) groups is 1. The number of amides is 1. The van der Waals surface area contributed by atoms with Crippen LogP contribution in [-0.2, 0) is 4.79 Å². The van der Waals surface area contributed by atoms with Crippen LogP contribution in [0.15, 0.2) is 46.9 Å². The largest absolute Gasteiger partial charge is 0.456 e. The summed E-state index contributed by atoms with van der Waals surface area (Å²) in [5.41, 5.74) is 2.73. The highest BCUT2D eigenvalue weighted by Gasteiger charge is 2.15. The first kappa shape index (κ1) is 11.8. The van der Waals surface area contributed by atoms with Crippen molar-refractivity contribution in [3.05, 3.63) is 48.0 Å². The molecule has 1 atom stereocenters. The van der Waals surface area contributed by atoms with E-state index < -0.39 is 0 Å². The summed E-state index contributed by atoms with van der Waals surface area (Å²) < 4.78 is 5.77. The molecule has 19 heavy (non-hydrogen) atoms. The number of rotatable bonds is 2. The molecule has 1 unspecified atom stereocenters. The lowest BCUT2D eigenvalue weighted by Gasteiger charge is -2.09. The maximum absolute atomic E-state index is 11.7. The molecule has 1 amide bonds. The minimum atomic E-state index is -0.164. The summed E-state index contributed by atoms with van der Waals surface area (Å²) in [6.45, 7) is 1.91. The van der Waals surface area contributed by atoms with E-state index in [4.69, 9.17) is 4.42 Å². The number of carbonyl (C=O) groups excluding carboxylic acids is 1. The predicted octanol–water partition coefficient (Wildman–Crippen LogP) is 3.44. The number of nitrogens with one attached hydrogen (secondary N) is 1. The van der Waals surface area contributed by atoms with Crippen LogP contribution in [0.1, 0.15) is 18.4 Å². The number of furan rings is 1. The van der Waals surface area contributed by atoms with Gasteiger partial charge in [0.2, 0.25) is 5.91 Å². The summed E-state index contributed by atoms with van der Waals surface area (Å²) in [7, 11) is 1.66. The second kappa shape index (κ2) is 4.43. The van der Waals surface area contributed by atoms with Crippen LogP contribution < -0.4 is 5.32 Å². The maximum atomic E-state index is 11.7. The molecule has 0 fully saturated rings. The van der Waals surface area contributed by atoms with E-state index in [-0.39, 0.29) is 11.8 Å². The zero-order chi connectivity index (χ0) is 13.4. The van der Waals surface area contributed by atoms with E-state index >= 15 is 0 Å². The Morgan fingerprint density at radius 3 is 2.63 bits per heavy atom.